The minimum atomic E-state index is -1.39. The summed E-state index contributed by atoms with van der Waals surface area (Å²) in [5.41, 5.74) is 4.86. The van der Waals surface area contributed by atoms with E-state index in [2.05, 4.69) is 0 Å². The smallest absolute Gasteiger partial charge is 0.323 e. The molecule has 0 aliphatic rings. The Balaban J connectivity index is 3.72. The lowest BCUT2D eigenvalue weighted by Gasteiger charge is -2.10. The average molecular weight is 135 g/mol. The van der Waals surface area contributed by atoms with E-state index in [4.69, 9.17) is 21.1 Å². The van der Waals surface area contributed by atoms with Crippen molar-refractivity contribution in [3.8, 4) is 0 Å². The number of carboxylic acid groups (broad SMARTS) is 1. The number of hydrogen-bond acceptors (Lipinski definition) is 4. The number of nitrogens with two attached hydrogens (primary N) is 1. The maximum Gasteiger partial charge on any atom is 0.323 e. The molecule has 0 saturated carbocycles. The number of rotatable bonds is 3. The molecule has 0 aliphatic carbocycles. The Morgan fingerprint density at radius 1 is 1.67 bits per heavy atom. The van der Waals surface area contributed by atoms with Gasteiger partial charge in [0.1, 0.15) is 12.1 Å². The topological polar surface area (TPSA) is 104 Å². The van der Waals surface area contributed by atoms with Gasteiger partial charge in [0, 0.05) is 0 Å². The Labute approximate surface area is 51.7 Å². The van der Waals surface area contributed by atoms with Crippen molar-refractivity contribution in [3.63, 3.8) is 0 Å². The zero-order chi connectivity index (χ0) is 7.44. The van der Waals surface area contributed by atoms with Gasteiger partial charge < -0.3 is 21.1 Å². The van der Waals surface area contributed by atoms with E-state index in [0.717, 1.165) is 0 Å². The van der Waals surface area contributed by atoms with Gasteiger partial charge in [-0.05, 0) is 0 Å². The first kappa shape index (κ1) is 8.35. The van der Waals surface area contributed by atoms with Gasteiger partial charge in [0.15, 0.2) is 0 Å². The van der Waals surface area contributed by atoms with Gasteiger partial charge in [-0.15, -0.1) is 0 Å². The molecule has 0 spiro atoms. The molecule has 0 aromatic rings. The second kappa shape index (κ2) is 3.39. The molecule has 0 amide bonds. The van der Waals surface area contributed by atoms with Crippen LogP contribution < -0.4 is 5.73 Å². The van der Waals surface area contributed by atoms with Crippen LogP contribution in [0.2, 0.25) is 0 Å². The molecule has 0 radical (unpaired) electrons. The normalized spacial score (nSPS) is 16.8. The molecule has 0 heterocycles. The highest BCUT2D eigenvalue weighted by molar-refractivity contribution is 5.73. The van der Waals surface area contributed by atoms with Gasteiger partial charge in [-0.25, -0.2) is 0 Å². The van der Waals surface area contributed by atoms with E-state index >= 15 is 0 Å². The van der Waals surface area contributed by atoms with Crippen LogP contribution in [0.15, 0.2) is 0 Å². The summed E-state index contributed by atoms with van der Waals surface area (Å²) in [6, 6.07) is -1.39. The van der Waals surface area contributed by atoms with Crippen molar-refractivity contribution in [2.24, 2.45) is 5.73 Å². The van der Waals surface area contributed by atoms with Gasteiger partial charge >= 0.3 is 5.97 Å². The lowest BCUT2D eigenvalue weighted by atomic mass is 10.2. The largest absolute Gasteiger partial charge is 0.480 e. The Bertz CT molecular complexity index is 105. The summed E-state index contributed by atoms with van der Waals surface area (Å²) >= 11 is 0. The van der Waals surface area contributed by atoms with Crippen molar-refractivity contribution in [2.75, 3.05) is 6.61 Å². The zero-order valence-electron chi connectivity index (χ0n) is 4.69. The van der Waals surface area contributed by atoms with Gasteiger partial charge in [-0.3, -0.25) is 4.79 Å². The molecule has 9 heavy (non-hydrogen) atoms. The van der Waals surface area contributed by atoms with E-state index in [1.54, 1.807) is 0 Å². The van der Waals surface area contributed by atoms with Gasteiger partial charge in [0.05, 0.1) is 6.61 Å². The summed E-state index contributed by atoms with van der Waals surface area (Å²) in [4.78, 5) is 9.90. The Morgan fingerprint density at radius 2 is 2.11 bits per heavy atom. The van der Waals surface area contributed by atoms with Gasteiger partial charge in [0.2, 0.25) is 0 Å². The summed E-state index contributed by atoms with van der Waals surface area (Å²) in [5, 5.41) is 24.8. The average Bonchev–Trinajstić information content (AvgIpc) is 1.84. The SMILES string of the molecule is N[C@H](C(=O)O)[C@H](O)CO. The van der Waals surface area contributed by atoms with Crippen molar-refractivity contribution < 1.29 is 20.1 Å². The lowest BCUT2D eigenvalue weighted by molar-refractivity contribution is -0.141. The monoisotopic (exact) mass is 135 g/mol. The van der Waals surface area contributed by atoms with Crippen LogP contribution in [0.1, 0.15) is 0 Å². The molecular weight excluding hydrogens is 126 g/mol. The highest BCUT2D eigenvalue weighted by Gasteiger charge is 2.20. The molecule has 54 valence electrons. The molecule has 0 bridgehead atoms. The van der Waals surface area contributed by atoms with Gasteiger partial charge in [0.25, 0.3) is 0 Å². The fourth-order valence-corrected chi connectivity index (χ4v) is 0.278. The van der Waals surface area contributed by atoms with Crippen LogP contribution in [-0.2, 0) is 4.79 Å². The van der Waals surface area contributed by atoms with Gasteiger partial charge in [-0.1, -0.05) is 0 Å². The van der Waals surface area contributed by atoms with Crippen molar-refractivity contribution in [1.29, 1.82) is 0 Å². The second-order valence-corrected chi connectivity index (χ2v) is 1.61. The van der Waals surface area contributed by atoms with E-state index < -0.39 is 24.7 Å². The number of carboxylic acids is 1. The highest BCUT2D eigenvalue weighted by atomic mass is 16.4. The van der Waals surface area contributed by atoms with E-state index in [9.17, 15) is 4.79 Å². The van der Waals surface area contributed by atoms with E-state index in [1.165, 1.54) is 0 Å². The summed E-state index contributed by atoms with van der Waals surface area (Å²) in [5.74, 6) is -1.32. The number of hydrogen-bond donors (Lipinski definition) is 4. The minimum Gasteiger partial charge on any atom is -0.480 e. The molecule has 0 aromatic carbocycles. The molecule has 0 aromatic heterocycles. The maximum atomic E-state index is 9.90. The molecular formula is C4H9NO4. The Hall–Kier alpha value is -0.650. The van der Waals surface area contributed by atoms with Crippen molar-refractivity contribution in [3.05, 3.63) is 0 Å². The predicted octanol–water partition coefficient (Wildman–Crippen LogP) is -2.25. The van der Waals surface area contributed by atoms with Crippen LogP contribution in [0.5, 0.6) is 0 Å². The van der Waals surface area contributed by atoms with E-state index in [0.29, 0.717) is 0 Å². The molecule has 0 rings (SSSR count). The summed E-state index contributed by atoms with van der Waals surface area (Å²) in [6.45, 7) is -0.631. The third-order valence-corrected chi connectivity index (χ3v) is 0.887. The number of aliphatic carboxylic acids is 1. The van der Waals surface area contributed by atoms with Crippen molar-refractivity contribution in [2.45, 2.75) is 12.1 Å². The van der Waals surface area contributed by atoms with Crippen molar-refractivity contribution >= 4 is 5.97 Å². The minimum absolute atomic E-state index is 0.631. The lowest BCUT2D eigenvalue weighted by Crippen LogP contribution is -2.43. The molecule has 0 aliphatic heterocycles. The second-order valence-electron chi connectivity index (χ2n) is 1.61. The number of carbonyl (C=O) groups is 1. The molecule has 5 heteroatoms. The molecule has 0 unspecified atom stereocenters. The summed E-state index contributed by atoms with van der Waals surface area (Å²) in [6.07, 6.45) is -1.37. The molecule has 5 N–H and O–H groups in total. The summed E-state index contributed by atoms with van der Waals surface area (Å²) in [7, 11) is 0. The van der Waals surface area contributed by atoms with Crippen LogP contribution in [0, 0.1) is 0 Å². The maximum absolute atomic E-state index is 9.90. The van der Waals surface area contributed by atoms with E-state index in [1.807, 2.05) is 0 Å². The van der Waals surface area contributed by atoms with E-state index in [-0.39, 0.29) is 0 Å². The molecule has 0 saturated heterocycles. The van der Waals surface area contributed by atoms with Crippen LogP contribution in [0.3, 0.4) is 0 Å². The predicted molar refractivity (Wildman–Crippen MR) is 28.7 cm³/mol. The number of aliphatic hydroxyl groups excluding tert-OH is 2. The summed E-state index contributed by atoms with van der Waals surface area (Å²) < 4.78 is 0. The third kappa shape index (κ3) is 2.41. The Morgan fingerprint density at radius 3 is 2.22 bits per heavy atom. The first-order valence-corrected chi connectivity index (χ1v) is 2.37. The third-order valence-electron chi connectivity index (χ3n) is 0.887. The Kier molecular flexibility index (Phi) is 3.15. The molecule has 0 fully saturated rings. The first-order chi connectivity index (χ1) is 4.09. The number of aliphatic hydroxyl groups is 2. The molecule has 5 nitrogen and oxygen atoms in total. The zero-order valence-corrected chi connectivity index (χ0v) is 4.69. The quantitative estimate of drug-likeness (QED) is 0.350. The van der Waals surface area contributed by atoms with Crippen LogP contribution in [-0.4, -0.2) is 40.0 Å². The first-order valence-electron chi connectivity index (χ1n) is 2.37. The van der Waals surface area contributed by atoms with Crippen LogP contribution >= 0.6 is 0 Å². The fourth-order valence-electron chi connectivity index (χ4n) is 0.278. The standard InChI is InChI=1S/C4H9NO4/c5-3(4(8)9)2(7)1-6/h2-3,6-7H,1,5H2,(H,8,9)/t2-,3+/m1/s1. The fraction of sp³-hybridized carbons (Fsp3) is 0.750. The van der Waals surface area contributed by atoms with Crippen molar-refractivity contribution in [1.82, 2.24) is 0 Å². The van der Waals surface area contributed by atoms with Crippen LogP contribution in [0.4, 0.5) is 0 Å². The molecule has 2 atom stereocenters. The van der Waals surface area contributed by atoms with Crippen LogP contribution in [0.25, 0.3) is 0 Å². The highest BCUT2D eigenvalue weighted by Crippen LogP contribution is 1.87. The van der Waals surface area contributed by atoms with Gasteiger partial charge in [-0.2, -0.15) is 0 Å².